The number of benzene rings is 1. The van der Waals surface area contributed by atoms with Gasteiger partial charge in [-0.3, -0.25) is 0 Å². The van der Waals surface area contributed by atoms with Crippen LogP contribution in [-0.2, 0) is 0 Å². The standard InChI is InChI=1S/C15H16N2/c1-2-17-14-9-4-3-6-12(14)11-7-5-8-13(11)15(17)10-16/h3-7,9,11,13,15H,2,8H2,1H3/t11-,13-,15+/m0/s1. The maximum atomic E-state index is 9.45. The summed E-state index contributed by atoms with van der Waals surface area (Å²) >= 11 is 0. The Kier molecular flexibility index (Phi) is 2.40. The van der Waals surface area contributed by atoms with Gasteiger partial charge in [-0.2, -0.15) is 5.26 Å². The van der Waals surface area contributed by atoms with Gasteiger partial charge in [0, 0.05) is 24.1 Å². The van der Waals surface area contributed by atoms with Crippen molar-refractivity contribution in [2.24, 2.45) is 5.92 Å². The zero-order valence-corrected chi connectivity index (χ0v) is 10.0. The zero-order chi connectivity index (χ0) is 11.8. The lowest BCUT2D eigenvalue weighted by molar-refractivity contribution is 0.422. The number of nitriles is 1. The molecule has 3 atom stereocenters. The number of allylic oxidation sites excluding steroid dienone is 2. The van der Waals surface area contributed by atoms with Gasteiger partial charge in [-0.1, -0.05) is 30.4 Å². The van der Waals surface area contributed by atoms with Crippen molar-refractivity contribution in [1.82, 2.24) is 0 Å². The highest BCUT2D eigenvalue weighted by molar-refractivity contribution is 5.61. The molecule has 0 unspecified atom stereocenters. The number of nitrogens with zero attached hydrogens (tertiary/aromatic N) is 2. The van der Waals surface area contributed by atoms with Crippen molar-refractivity contribution in [3.8, 4) is 6.07 Å². The average Bonchev–Trinajstić information content (AvgIpc) is 2.86. The van der Waals surface area contributed by atoms with Crippen molar-refractivity contribution >= 4 is 5.69 Å². The molecule has 86 valence electrons. The lowest BCUT2D eigenvalue weighted by atomic mass is 9.78. The van der Waals surface area contributed by atoms with E-state index >= 15 is 0 Å². The molecule has 0 bridgehead atoms. The zero-order valence-electron chi connectivity index (χ0n) is 10.0. The molecule has 1 aliphatic heterocycles. The second-order valence-corrected chi connectivity index (χ2v) is 4.77. The third kappa shape index (κ3) is 1.39. The van der Waals surface area contributed by atoms with Gasteiger partial charge < -0.3 is 4.90 Å². The van der Waals surface area contributed by atoms with Crippen LogP contribution < -0.4 is 4.90 Å². The number of fused-ring (bicyclic) bond motifs is 3. The average molecular weight is 224 g/mol. The van der Waals surface area contributed by atoms with E-state index in [1.54, 1.807) is 0 Å². The molecule has 2 nitrogen and oxygen atoms in total. The Morgan fingerprint density at radius 3 is 3.00 bits per heavy atom. The fourth-order valence-electron chi connectivity index (χ4n) is 3.28. The molecule has 17 heavy (non-hydrogen) atoms. The Balaban J connectivity index is 2.15. The van der Waals surface area contributed by atoms with Gasteiger partial charge in [0.2, 0.25) is 0 Å². The maximum Gasteiger partial charge on any atom is 0.120 e. The Labute approximate surface area is 102 Å². The predicted octanol–water partition coefficient (Wildman–Crippen LogP) is 3.08. The minimum absolute atomic E-state index is 0.0231. The summed E-state index contributed by atoms with van der Waals surface area (Å²) < 4.78 is 0. The molecule has 1 aromatic rings. The van der Waals surface area contributed by atoms with E-state index in [2.05, 4.69) is 54.3 Å². The number of rotatable bonds is 1. The molecule has 1 heterocycles. The molecule has 0 amide bonds. The van der Waals surface area contributed by atoms with Gasteiger partial charge in [-0.05, 0) is 25.0 Å². The fourth-order valence-corrected chi connectivity index (χ4v) is 3.28. The van der Waals surface area contributed by atoms with Crippen LogP contribution in [0.4, 0.5) is 5.69 Å². The Hall–Kier alpha value is -1.75. The first-order valence-corrected chi connectivity index (χ1v) is 6.28. The van der Waals surface area contributed by atoms with Crippen LogP contribution in [0.15, 0.2) is 36.4 Å². The third-order valence-electron chi connectivity index (χ3n) is 4.03. The van der Waals surface area contributed by atoms with Gasteiger partial charge in [-0.15, -0.1) is 0 Å². The smallest absolute Gasteiger partial charge is 0.120 e. The van der Waals surface area contributed by atoms with Gasteiger partial charge in [-0.25, -0.2) is 0 Å². The van der Waals surface area contributed by atoms with Crippen molar-refractivity contribution in [2.45, 2.75) is 25.3 Å². The molecule has 1 aliphatic carbocycles. The van der Waals surface area contributed by atoms with E-state index < -0.39 is 0 Å². The van der Waals surface area contributed by atoms with Crippen molar-refractivity contribution < 1.29 is 0 Å². The van der Waals surface area contributed by atoms with E-state index in [0.717, 1.165) is 13.0 Å². The van der Waals surface area contributed by atoms with E-state index in [-0.39, 0.29) is 6.04 Å². The summed E-state index contributed by atoms with van der Waals surface area (Å²) in [5, 5.41) is 9.45. The second-order valence-electron chi connectivity index (χ2n) is 4.77. The Morgan fingerprint density at radius 1 is 1.41 bits per heavy atom. The third-order valence-corrected chi connectivity index (χ3v) is 4.03. The van der Waals surface area contributed by atoms with E-state index in [1.165, 1.54) is 11.3 Å². The van der Waals surface area contributed by atoms with Crippen LogP contribution in [0, 0.1) is 17.2 Å². The molecular formula is C15H16N2. The van der Waals surface area contributed by atoms with E-state index in [1.807, 2.05) is 0 Å². The van der Waals surface area contributed by atoms with Crippen LogP contribution >= 0.6 is 0 Å². The van der Waals surface area contributed by atoms with Gasteiger partial charge in [0.15, 0.2) is 0 Å². The van der Waals surface area contributed by atoms with Crippen LogP contribution in [0.25, 0.3) is 0 Å². The van der Waals surface area contributed by atoms with Gasteiger partial charge in [0.25, 0.3) is 0 Å². The van der Waals surface area contributed by atoms with Crippen molar-refractivity contribution in [3.05, 3.63) is 42.0 Å². The van der Waals surface area contributed by atoms with E-state index in [0.29, 0.717) is 11.8 Å². The number of para-hydroxylation sites is 1. The largest absolute Gasteiger partial charge is 0.355 e. The van der Waals surface area contributed by atoms with E-state index in [9.17, 15) is 5.26 Å². The van der Waals surface area contributed by atoms with Crippen LogP contribution in [0.3, 0.4) is 0 Å². The van der Waals surface area contributed by atoms with Crippen LogP contribution in [0.5, 0.6) is 0 Å². The molecule has 1 aromatic carbocycles. The summed E-state index contributed by atoms with van der Waals surface area (Å²) in [7, 11) is 0. The first-order chi connectivity index (χ1) is 8.36. The highest BCUT2D eigenvalue weighted by Crippen LogP contribution is 2.46. The van der Waals surface area contributed by atoms with E-state index in [4.69, 9.17) is 0 Å². The molecule has 0 aromatic heterocycles. The molecular weight excluding hydrogens is 208 g/mol. The molecule has 0 fully saturated rings. The summed E-state index contributed by atoms with van der Waals surface area (Å²) in [6.07, 6.45) is 5.55. The molecule has 3 rings (SSSR count). The van der Waals surface area contributed by atoms with Gasteiger partial charge >= 0.3 is 0 Å². The molecule has 0 radical (unpaired) electrons. The Bertz CT molecular complexity index is 498. The summed E-state index contributed by atoms with van der Waals surface area (Å²) in [5.41, 5.74) is 2.63. The SMILES string of the molecule is CCN1c2ccccc2[C@@H]2C=CC[C@@H]2[C@H]1C#N. The highest BCUT2D eigenvalue weighted by atomic mass is 15.2. The summed E-state index contributed by atoms with van der Waals surface area (Å²) in [6, 6.07) is 11.0. The molecule has 0 saturated carbocycles. The number of hydrogen-bond donors (Lipinski definition) is 0. The molecule has 0 N–H and O–H groups in total. The number of hydrogen-bond acceptors (Lipinski definition) is 2. The lowest BCUT2D eigenvalue weighted by Gasteiger charge is -2.41. The molecule has 0 saturated heterocycles. The maximum absolute atomic E-state index is 9.45. The summed E-state index contributed by atoms with van der Waals surface area (Å²) in [6.45, 7) is 3.03. The Morgan fingerprint density at radius 2 is 2.24 bits per heavy atom. The minimum atomic E-state index is 0.0231. The predicted molar refractivity (Wildman–Crippen MR) is 68.9 cm³/mol. The van der Waals surface area contributed by atoms with Gasteiger partial charge in [0.1, 0.15) is 6.04 Å². The van der Waals surface area contributed by atoms with Crippen molar-refractivity contribution in [1.29, 1.82) is 5.26 Å². The topological polar surface area (TPSA) is 27.0 Å². The summed E-state index contributed by atoms with van der Waals surface area (Å²) in [4.78, 5) is 2.25. The van der Waals surface area contributed by atoms with Crippen LogP contribution in [-0.4, -0.2) is 12.6 Å². The molecule has 0 spiro atoms. The monoisotopic (exact) mass is 224 g/mol. The van der Waals surface area contributed by atoms with Crippen molar-refractivity contribution in [2.75, 3.05) is 11.4 Å². The quantitative estimate of drug-likeness (QED) is 0.685. The molecule has 2 aliphatic rings. The lowest BCUT2D eigenvalue weighted by Crippen LogP contribution is -2.44. The number of anilines is 1. The minimum Gasteiger partial charge on any atom is -0.355 e. The van der Waals surface area contributed by atoms with Gasteiger partial charge in [0.05, 0.1) is 6.07 Å². The first-order valence-electron chi connectivity index (χ1n) is 6.28. The molecule has 2 heteroatoms. The summed E-state index contributed by atoms with van der Waals surface area (Å²) in [5.74, 6) is 0.883. The fraction of sp³-hybridized carbons (Fsp3) is 0.400. The first kappa shape index (κ1) is 10.4. The van der Waals surface area contributed by atoms with Crippen LogP contribution in [0.1, 0.15) is 24.8 Å². The second kappa shape index (κ2) is 3.92. The normalized spacial score (nSPS) is 29.6. The van der Waals surface area contributed by atoms with Crippen LogP contribution in [0.2, 0.25) is 0 Å². The van der Waals surface area contributed by atoms with Crippen molar-refractivity contribution in [3.63, 3.8) is 0 Å². The highest BCUT2D eigenvalue weighted by Gasteiger charge is 2.40.